The summed E-state index contributed by atoms with van der Waals surface area (Å²) in [6.07, 6.45) is 0.792. The third-order valence-electron chi connectivity index (χ3n) is 4.57. The van der Waals surface area contributed by atoms with Gasteiger partial charge in [-0.05, 0) is 53.4 Å². The lowest BCUT2D eigenvalue weighted by Crippen LogP contribution is -2.54. The summed E-state index contributed by atoms with van der Waals surface area (Å²) in [6.45, 7) is 7.31. The van der Waals surface area contributed by atoms with Crippen LogP contribution in [0.3, 0.4) is 0 Å². The molecule has 1 aromatic rings. The van der Waals surface area contributed by atoms with E-state index < -0.39 is 15.6 Å². The highest BCUT2D eigenvalue weighted by molar-refractivity contribution is 7.89. The molecule has 1 unspecified atom stereocenters. The number of aryl methyl sites for hydroxylation is 1. The summed E-state index contributed by atoms with van der Waals surface area (Å²) >= 11 is 0. The molecule has 130 valence electrons. The lowest BCUT2D eigenvalue weighted by molar-refractivity contribution is -0.0902. The van der Waals surface area contributed by atoms with Crippen molar-refractivity contribution in [1.29, 1.82) is 0 Å². The fourth-order valence-corrected chi connectivity index (χ4v) is 4.42. The molecule has 1 fully saturated rings. The summed E-state index contributed by atoms with van der Waals surface area (Å²) in [4.78, 5) is 2.48. The van der Waals surface area contributed by atoms with Crippen LogP contribution in [-0.2, 0) is 14.8 Å². The molecule has 2 rings (SSSR count). The van der Waals surface area contributed by atoms with E-state index in [1.807, 2.05) is 40.1 Å². The minimum absolute atomic E-state index is 0.321. The molecule has 0 radical (unpaired) electrons. The number of hydrogen-bond acceptors (Lipinski definition) is 4. The Hall–Kier alpha value is -0.950. The summed E-state index contributed by atoms with van der Waals surface area (Å²) in [7, 11) is 0.585. The van der Waals surface area contributed by atoms with Crippen molar-refractivity contribution < 1.29 is 13.2 Å². The van der Waals surface area contributed by atoms with Gasteiger partial charge in [-0.2, -0.15) is 4.31 Å². The van der Waals surface area contributed by atoms with Crippen LogP contribution in [0, 0.1) is 6.92 Å². The van der Waals surface area contributed by atoms with Crippen molar-refractivity contribution in [2.45, 2.75) is 43.7 Å². The minimum atomic E-state index is -3.47. The number of nitrogens with zero attached hydrogens (tertiary/aromatic N) is 2. The highest BCUT2D eigenvalue weighted by atomic mass is 32.2. The number of sulfonamides is 1. The number of morpholine rings is 1. The van der Waals surface area contributed by atoms with E-state index >= 15 is 0 Å². The smallest absolute Gasteiger partial charge is 0.243 e. The average Bonchev–Trinajstić information content (AvgIpc) is 2.47. The highest BCUT2D eigenvalue weighted by Gasteiger charge is 2.39. The molecule has 1 saturated heterocycles. The van der Waals surface area contributed by atoms with E-state index in [9.17, 15) is 8.42 Å². The van der Waals surface area contributed by atoms with Crippen molar-refractivity contribution in [2.24, 2.45) is 0 Å². The molecule has 0 N–H and O–H groups in total. The molecule has 1 aliphatic heterocycles. The average molecular weight is 340 g/mol. The Labute approximate surface area is 140 Å². The van der Waals surface area contributed by atoms with Gasteiger partial charge in [0.05, 0.1) is 17.1 Å². The predicted octanol–water partition coefficient (Wildman–Crippen LogP) is 2.11. The fourth-order valence-electron chi connectivity index (χ4n) is 2.89. The summed E-state index contributed by atoms with van der Waals surface area (Å²) < 4.78 is 33.2. The molecule has 6 heteroatoms. The zero-order chi connectivity index (χ0) is 17.3. The van der Waals surface area contributed by atoms with Crippen LogP contribution in [0.15, 0.2) is 29.2 Å². The maximum absolute atomic E-state index is 12.9. The first-order chi connectivity index (χ1) is 10.6. The molecule has 0 saturated carbocycles. The molecular formula is C17H28N2O3S. The van der Waals surface area contributed by atoms with Crippen molar-refractivity contribution in [1.82, 2.24) is 9.21 Å². The fraction of sp³-hybridized carbons (Fsp3) is 0.647. The number of rotatable bonds is 5. The van der Waals surface area contributed by atoms with Gasteiger partial charge in [-0.1, -0.05) is 17.7 Å². The van der Waals surface area contributed by atoms with E-state index in [0.29, 0.717) is 30.6 Å². The Kier molecular flexibility index (Phi) is 5.51. The molecule has 1 aromatic carbocycles. The van der Waals surface area contributed by atoms with Crippen LogP contribution in [0.5, 0.6) is 0 Å². The standard InChI is InChI=1S/C17H28N2O3S/c1-14-6-8-16(9-7-14)23(20,21)19-10-11-22-17(3,13-19)12-15(2)18(4)5/h6-9,15H,10-13H2,1-5H3/t15?,17-/m1/s1. The first-order valence-electron chi connectivity index (χ1n) is 8.01. The molecule has 0 amide bonds. The molecule has 5 nitrogen and oxygen atoms in total. The van der Waals surface area contributed by atoms with Crippen LogP contribution in [0.1, 0.15) is 25.8 Å². The van der Waals surface area contributed by atoms with Gasteiger partial charge in [0.25, 0.3) is 0 Å². The largest absolute Gasteiger partial charge is 0.372 e. The van der Waals surface area contributed by atoms with E-state index in [0.717, 1.165) is 12.0 Å². The lowest BCUT2D eigenvalue weighted by Gasteiger charge is -2.42. The van der Waals surface area contributed by atoms with Gasteiger partial charge in [0.1, 0.15) is 0 Å². The van der Waals surface area contributed by atoms with Crippen LogP contribution in [0.4, 0.5) is 0 Å². The van der Waals surface area contributed by atoms with Crippen LogP contribution in [0.25, 0.3) is 0 Å². The monoisotopic (exact) mass is 340 g/mol. The number of hydrogen-bond donors (Lipinski definition) is 0. The van der Waals surface area contributed by atoms with Gasteiger partial charge >= 0.3 is 0 Å². The molecular weight excluding hydrogens is 312 g/mol. The Morgan fingerprint density at radius 1 is 1.30 bits per heavy atom. The lowest BCUT2D eigenvalue weighted by atomic mass is 9.96. The molecule has 0 bridgehead atoms. The molecule has 0 spiro atoms. The quantitative estimate of drug-likeness (QED) is 0.824. The van der Waals surface area contributed by atoms with E-state index in [1.54, 1.807) is 16.4 Å². The van der Waals surface area contributed by atoms with Gasteiger partial charge < -0.3 is 9.64 Å². The van der Waals surface area contributed by atoms with Crippen molar-refractivity contribution in [3.05, 3.63) is 29.8 Å². The zero-order valence-electron chi connectivity index (χ0n) is 14.7. The molecule has 23 heavy (non-hydrogen) atoms. The van der Waals surface area contributed by atoms with Crippen LogP contribution >= 0.6 is 0 Å². The summed E-state index contributed by atoms with van der Waals surface area (Å²) in [6, 6.07) is 7.35. The second kappa shape index (κ2) is 6.89. The van der Waals surface area contributed by atoms with Crippen LogP contribution in [-0.4, -0.2) is 63.1 Å². The molecule has 0 aliphatic carbocycles. The third kappa shape index (κ3) is 4.32. The van der Waals surface area contributed by atoms with Gasteiger partial charge in [-0.25, -0.2) is 8.42 Å². The number of ether oxygens (including phenoxy) is 1. The Balaban J connectivity index is 2.18. The van der Waals surface area contributed by atoms with Gasteiger partial charge in [-0.15, -0.1) is 0 Å². The summed E-state index contributed by atoms with van der Waals surface area (Å²) in [5, 5.41) is 0. The zero-order valence-corrected chi connectivity index (χ0v) is 15.6. The van der Waals surface area contributed by atoms with Gasteiger partial charge in [0, 0.05) is 19.1 Å². The Morgan fingerprint density at radius 3 is 2.48 bits per heavy atom. The van der Waals surface area contributed by atoms with Crippen LogP contribution < -0.4 is 0 Å². The van der Waals surface area contributed by atoms with Gasteiger partial charge in [-0.3, -0.25) is 0 Å². The molecule has 2 atom stereocenters. The van der Waals surface area contributed by atoms with Crippen molar-refractivity contribution >= 4 is 10.0 Å². The van der Waals surface area contributed by atoms with Crippen molar-refractivity contribution in [3.8, 4) is 0 Å². The SMILES string of the molecule is Cc1ccc(S(=O)(=O)N2CCO[C@](C)(CC(C)N(C)C)C2)cc1. The topological polar surface area (TPSA) is 49.9 Å². The first kappa shape index (κ1) is 18.4. The van der Waals surface area contributed by atoms with Crippen molar-refractivity contribution in [2.75, 3.05) is 33.8 Å². The van der Waals surface area contributed by atoms with E-state index in [4.69, 9.17) is 4.74 Å². The second-order valence-corrected chi connectivity index (χ2v) is 8.90. The summed E-state index contributed by atoms with van der Waals surface area (Å²) in [5.41, 5.74) is 0.593. The first-order valence-corrected chi connectivity index (χ1v) is 9.45. The molecule has 1 heterocycles. The molecule has 1 aliphatic rings. The molecule has 0 aromatic heterocycles. The highest BCUT2D eigenvalue weighted by Crippen LogP contribution is 2.28. The Bertz CT molecular complexity index is 628. The van der Waals surface area contributed by atoms with Gasteiger partial charge in [0.2, 0.25) is 10.0 Å². The maximum Gasteiger partial charge on any atom is 0.243 e. The van der Waals surface area contributed by atoms with E-state index in [1.165, 1.54) is 0 Å². The second-order valence-electron chi connectivity index (χ2n) is 6.97. The third-order valence-corrected chi connectivity index (χ3v) is 6.43. The number of benzene rings is 1. The van der Waals surface area contributed by atoms with E-state index in [2.05, 4.69) is 11.8 Å². The predicted molar refractivity (Wildman–Crippen MR) is 92.1 cm³/mol. The van der Waals surface area contributed by atoms with E-state index in [-0.39, 0.29) is 0 Å². The van der Waals surface area contributed by atoms with Crippen LogP contribution in [0.2, 0.25) is 0 Å². The Morgan fingerprint density at radius 2 is 1.91 bits per heavy atom. The maximum atomic E-state index is 12.9. The normalized spacial score (nSPS) is 24.8. The van der Waals surface area contributed by atoms with Crippen molar-refractivity contribution in [3.63, 3.8) is 0 Å². The summed E-state index contributed by atoms with van der Waals surface area (Å²) in [5.74, 6) is 0. The minimum Gasteiger partial charge on any atom is -0.372 e. The van der Waals surface area contributed by atoms with Gasteiger partial charge in [0.15, 0.2) is 0 Å².